The molecule has 1 N–H and O–H groups in total. The summed E-state index contributed by atoms with van der Waals surface area (Å²) in [5.41, 5.74) is 2.03. The first-order valence-electron chi connectivity index (χ1n) is 9.69. The van der Waals surface area contributed by atoms with E-state index < -0.39 is 0 Å². The lowest BCUT2D eigenvalue weighted by Gasteiger charge is -2.07. The zero-order valence-electron chi connectivity index (χ0n) is 17.2. The summed E-state index contributed by atoms with van der Waals surface area (Å²) >= 11 is 1.35. The molecular weight excluding hydrogens is 398 g/mol. The molecule has 4 aromatic rings. The molecule has 0 fully saturated rings. The number of amides is 1. The van der Waals surface area contributed by atoms with E-state index in [9.17, 15) is 4.79 Å². The van der Waals surface area contributed by atoms with Crippen LogP contribution in [0.15, 0.2) is 42.5 Å². The average Bonchev–Trinajstić information content (AvgIpc) is 3.10. The lowest BCUT2D eigenvalue weighted by Crippen LogP contribution is -2.25. The molecule has 6 nitrogen and oxygen atoms in total. The highest BCUT2D eigenvalue weighted by atomic mass is 32.1. The van der Waals surface area contributed by atoms with E-state index in [1.165, 1.54) is 27.7 Å². The van der Waals surface area contributed by atoms with Gasteiger partial charge in [-0.2, -0.15) is 4.98 Å². The largest absolute Gasteiger partial charge is 0.480 e. The summed E-state index contributed by atoms with van der Waals surface area (Å²) in [5, 5.41) is 6.24. The van der Waals surface area contributed by atoms with Gasteiger partial charge in [-0.25, -0.2) is 4.98 Å². The molecule has 30 heavy (non-hydrogen) atoms. The predicted octanol–water partition coefficient (Wildman–Crippen LogP) is 4.28. The Morgan fingerprint density at radius 2 is 1.90 bits per heavy atom. The molecule has 1 amide bonds. The predicted molar refractivity (Wildman–Crippen MR) is 119 cm³/mol. The molecule has 0 aliphatic heterocycles. The van der Waals surface area contributed by atoms with E-state index in [0.717, 1.165) is 22.2 Å². The van der Waals surface area contributed by atoms with Gasteiger partial charge in [-0.3, -0.25) is 4.79 Å². The Hall–Kier alpha value is -3.03. The smallest absolute Gasteiger partial charge is 0.261 e. The minimum atomic E-state index is -0.105. The third-order valence-corrected chi connectivity index (χ3v) is 6.17. The average molecular weight is 422 g/mol. The molecule has 0 saturated carbocycles. The molecule has 0 atom stereocenters. The Balaban J connectivity index is 1.50. The summed E-state index contributed by atoms with van der Waals surface area (Å²) in [7, 11) is 3.16. The van der Waals surface area contributed by atoms with E-state index in [1.54, 1.807) is 14.2 Å². The van der Waals surface area contributed by atoms with E-state index in [1.807, 2.05) is 19.1 Å². The number of hydrogen-bond acceptors (Lipinski definition) is 6. The summed E-state index contributed by atoms with van der Waals surface area (Å²) in [6, 6.07) is 14.7. The Morgan fingerprint density at radius 1 is 1.10 bits per heavy atom. The number of aromatic nitrogens is 2. The van der Waals surface area contributed by atoms with Crippen molar-refractivity contribution in [3.8, 4) is 5.88 Å². The van der Waals surface area contributed by atoms with Crippen molar-refractivity contribution in [1.29, 1.82) is 0 Å². The van der Waals surface area contributed by atoms with Gasteiger partial charge in [0.05, 0.1) is 17.4 Å². The van der Waals surface area contributed by atoms with Crippen LogP contribution in [0.5, 0.6) is 5.88 Å². The Morgan fingerprint density at radius 3 is 2.67 bits per heavy atom. The number of hydrogen-bond donors (Lipinski definition) is 1. The van der Waals surface area contributed by atoms with Crippen molar-refractivity contribution < 1.29 is 14.3 Å². The molecule has 2 aromatic carbocycles. The van der Waals surface area contributed by atoms with Crippen LogP contribution in [0.3, 0.4) is 0 Å². The highest BCUT2D eigenvalue weighted by Gasteiger charge is 2.21. The molecule has 0 unspecified atom stereocenters. The van der Waals surface area contributed by atoms with Crippen molar-refractivity contribution >= 4 is 38.2 Å². The Kier molecular flexibility index (Phi) is 5.92. The highest BCUT2D eigenvalue weighted by molar-refractivity contribution is 7.20. The molecule has 0 saturated heterocycles. The van der Waals surface area contributed by atoms with Crippen LogP contribution in [-0.2, 0) is 17.8 Å². The summed E-state index contributed by atoms with van der Waals surface area (Å²) in [5.74, 6) is 0.897. The van der Waals surface area contributed by atoms with Crippen molar-refractivity contribution in [3.05, 3.63) is 64.3 Å². The molecule has 0 aliphatic carbocycles. The number of aryl methyl sites for hydroxylation is 1. The maximum Gasteiger partial charge on any atom is 0.261 e. The van der Waals surface area contributed by atoms with Gasteiger partial charge < -0.3 is 14.8 Å². The van der Waals surface area contributed by atoms with Crippen LogP contribution >= 0.6 is 11.3 Å². The number of fused-ring (bicyclic) bond motifs is 2. The number of nitrogens with one attached hydrogen (secondary N) is 1. The SMILES string of the molecule is COCc1nc(OC)c2c(C)c(C(=O)NCCc3ccc4ccccc4c3)sc2n1. The van der Waals surface area contributed by atoms with Crippen molar-refractivity contribution in [2.75, 3.05) is 20.8 Å². The molecule has 0 aliphatic rings. The summed E-state index contributed by atoms with van der Waals surface area (Å²) < 4.78 is 10.6. The van der Waals surface area contributed by atoms with Crippen LogP contribution in [0.2, 0.25) is 0 Å². The first-order valence-corrected chi connectivity index (χ1v) is 10.5. The topological polar surface area (TPSA) is 73.3 Å². The number of nitrogens with zero attached hydrogens (tertiary/aromatic N) is 2. The molecule has 7 heteroatoms. The first kappa shape index (κ1) is 20.3. The van der Waals surface area contributed by atoms with Crippen molar-refractivity contribution in [3.63, 3.8) is 0 Å². The van der Waals surface area contributed by atoms with E-state index in [-0.39, 0.29) is 12.5 Å². The fourth-order valence-corrected chi connectivity index (χ4v) is 4.60. The van der Waals surface area contributed by atoms with Crippen LogP contribution in [0.4, 0.5) is 0 Å². The zero-order chi connectivity index (χ0) is 21.1. The van der Waals surface area contributed by atoms with Gasteiger partial charge >= 0.3 is 0 Å². The molecule has 0 radical (unpaired) electrons. The number of ether oxygens (including phenoxy) is 2. The molecule has 2 heterocycles. The van der Waals surface area contributed by atoms with Crippen molar-refractivity contribution in [1.82, 2.24) is 15.3 Å². The van der Waals surface area contributed by atoms with E-state index in [4.69, 9.17) is 9.47 Å². The fraction of sp³-hybridized carbons (Fsp3) is 0.261. The number of thiophene rings is 1. The van der Waals surface area contributed by atoms with Crippen molar-refractivity contribution in [2.45, 2.75) is 20.0 Å². The van der Waals surface area contributed by atoms with Crippen LogP contribution in [-0.4, -0.2) is 36.6 Å². The van der Waals surface area contributed by atoms with E-state index >= 15 is 0 Å². The second-order valence-electron chi connectivity index (χ2n) is 7.01. The van der Waals surface area contributed by atoms with Crippen LogP contribution in [0.25, 0.3) is 21.0 Å². The zero-order valence-corrected chi connectivity index (χ0v) is 18.0. The quantitative estimate of drug-likeness (QED) is 0.482. The molecule has 2 aromatic heterocycles. The molecular formula is C23H23N3O3S. The Labute approximate surface area is 178 Å². The number of carbonyl (C=O) groups is 1. The van der Waals surface area contributed by atoms with Gasteiger partial charge in [-0.15, -0.1) is 11.3 Å². The third-order valence-electron chi connectivity index (χ3n) is 4.99. The number of carbonyl (C=O) groups excluding carboxylic acids is 1. The van der Waals surface area contributed by atoms with Gasteiger partial charge in [0, 0.05) is 13.7 Å². The van der Waals surface area contributed by atoms with Gasteiger partial charge in [0.2, 0.25) is 5.88 Å². The lowest BCUT2D eigenvalue weighted by atomic mass is 10.1. The molecule has 0 spiro atoms. The minimum Gasteiger partial charge on any atom is -0.480 e. The monoisotopic (exact) mass is 421 g/mol. The maximum absolute atomic E-state index is 12.8. The second-order valence-corrected chi connectivity index (χ2v) is 8.00. The first-order chi connectivity index (χ1) is 14.6. The van der Waals surface area contributed by atoms with Gasteiger partial charge in [-0.1, -0.05) is 42.5 Å². The second kappa shape index (κ2) is 8.77. The summed E-state index contributed by atoms with van der Waals surface area (Å²) in [6.45, 7) is 2.75. The number of benzene rings is 2. The summed E-state index contributed by atoms with van der Waals surface area (Å²) in [6.07, 6.45) is 0.766. The fourth-order valence-electron chi connectivity index (χ4n) is 3.50. The highest BCUT2D eigenvalue weighted by Crippen LogP contribution is 2.35. The third kappa shape index (κ3) is 3.99. The molecule has 4 rings (SSSR count). The Bertz CT molecular complexity index is 1220. The van der Waals surface area contributed by atoms with E-state index in [0.29, 0.717) is 23.1 Å². The van der Waals surface area contributed by atoms with Crippen LogP contribution in [0.1, 0.15) is 26.6 Å². The van der Waals surface area contributed by atoms with Crippen molar-refractivity contribution in [2.24, 2.45) is 0 Å². The molecule has 154 valence electrons. The van der Waals surface area contributed by atoms with Gasteiger partial charge in [-0.05, 0) is 35.2 Å². The lowest BCUT2D eigenvalue weighted by molar-refractivity contribution is 0.0957. The van der Waals surface area contributed by atoms with Gasteiger partial charge in [0.15, 0.2) is 5.82 Å². The minimum absolute atomic E-state index is 0.105. The summed E-state index contributed by atoms with van der Waals surface area (Å²) in [4.78, 5) is 23.1. The van der Waals surface area contributed by atoms with Gasteiger partial charge in [0.25, 0.3) is 5.91 Å². The number of methoxy groups -OCH3 is 2. The normalized spacial score (nSPS) is 11.2. The van der Waals surface area contributed by atoms with Crippen LogP contribution < -0.4 is 10.1 Å². The van der Waals surface area contributed by atoms with Gasteiger partial charge in [0.1, 0.15) is 11.4 Å². The van der Waals surface area contributed by atoms with E-state index in [2.05, 4.69) is 45.6 Å². The van der Waals surface area contributed by atoms with Crippen LogP contribution in [0, 0.1) is 6.92 Å². The molecule has 0 bridgehead atoms. The number of rotatable bonds is 7. The maximum atomic E-state index is 12.8. The standard InChI is InChI=1S/C23H23N3O3S/c1-14-19-22(29-3)25-18(13-28-2)26-23(19)30-20(14)21(27)24-11-10-15-8-9-16-6-4-5-7-17(16)12-15/h4-9,12H,10-11,13H2,1-3H3,(H,24,27).